The Hall–Kier alpha value is -3.19. The van der Waals surface area contributed by atoms with Crippen molar-refractivity contribution in [1.82, 2.24) is 19.9 Å². The van der Waals surface area contributed by atoms with Gasteiger partial charge in [0.1, 0.15) is 5.75 Å². The van der Waals surface area contributed by atoms with E-state index in [0.717, 1.165) is 35.5 Å². The molecule has 6 nitrogen and oxygen atoms in total. The van der Waals surface area contributed by atoms with Gasteiger partial charge in [0.25, 0.3) is 5.56 Å². The van der Waals surface area contributed by atoms with Crippen molar-refractivity contribution < 1.29 is 9.13 Å². The maximum Gasteiger partial charge on any atom is 0.260 e. The van der Waals surface area contributed by atoms with Crippen molar-refractivity contribution in [1.29, 1.82) is 0 Å². The number of nitrogens with one attached hydrogen (secondary N) is 2. The second-order valence-corrected chi connectivity index (χ2v) is 8.65. The average molecular weight is 435 g/mol. The molecule has 166 valence electrons. The quantitative estimate of drug-likeness (QED) is 0.428. The normalized spacial score (nSPS) is 15.2. The Labute approximate surface area is 185 Å². The van der Waals surface area contributed by atoms with E-state index in [1.54, 1.807) is 16.8 Å². The Morgan fingerprint density at radius 2 is 2.12 bits per heavy atom. The van der Waals surface area contributed by atoms with E-state index in [1.165, 1.54) is 44.3 Å². The molecule has 0 amide bonds. The van der Waals surface area contributed by atoms with Gasteiger partial charge in [0.05, 0.1) is 18.1 Å². The number of hydrogen-bond acceptors (Lipinski definition) is 4. The lowest BCUT2D eigenvalue weighted by Crippen LogP contribution is -2.26. The summed E-state index contributed by atoms with van der Waals surface area (Å²) in [6, 6.07) is 10.2. The number of H-pyrrole nitrogens is 1. The number of benzene rings is 1. The van der Waals surface area contributed by atoms with Gasteiger partial charge < -0.3 is 19.6 Å². The molecule has 0 saturated heterocycles. The summed E-state index contributed by atoms with van der Waals surface area (Å²) in [5.74, 6) is 1.11. The van der Waals surface area contributed by atoms with Crippen LogP contribution in [0.3, 0.4) is 0 Å². The topological polar surface area (TPSA) is 71.9 Å². The van der Waals surface area contributed by atoms with Crippen molar-refractivity contribution in [2.45, 2.75) is 45.6 Å². The molecule has 2 N–H and O–H groups in total. The predicted molar refractivity (Wildman–Crippen MR) is 124 cm³/mol. The highest BCUT2D eigenvalue weighted by molar-refractivity contribution is 5.86. The Morgan fingerprint density at radius 3 is 2.91 bits per heavy atom. The van der Waals surface area contributed by atoms with Crippen LogP contribution in [0.1, 0.15) is 37.4 Å². The van der Waals surface area contributed by atoms with E-state index in [9.17, 15) is 9.18 Å². The third kappa shape index (κ3) is 4.25. The summed E-state index contributed by atoms with van der Waals surface area (Å²) in [7, 11) is 0. The first-order valence-electron chi connectivity index (χ1n) is 11.2. The van der Waals surface area contributed by atoms with Crippen LogP contribution in [-0.4, -0.2) is 27.4 Å². The molecule has 1 aliphatic rings. The van der Waals surface area contributed by atoms with Crippen LogP contribution in [0.4, 0.5) is 4.39 Å². The molecule has 1 atom stereocenters. The second-order valence-electron chi connectivity index (χ2n) is 8.65. The van der Waals surface area contributed by atoms with Crippen molar-refractivity contribution in [2.75, 3.05) is 6.54 Å². The molecule has 1 unspecified atom stereocenters. The monoisotopic (exact) mass is 434 g/mol. The largest absolute Gasteiger partial charge is 0.458 e. The van der Waals surface area contributed by atoms with Gasteiger partial charge in [-0.1, -0.05) is 18.6 Å². The van der Waals surface area contributed by atoms with Crippen molar-refractivity contribution in [2.24, 2.45) is 5.92 Å². The summed E-state index contributed by atoms with van der Waals surface area (Å²) in [5, 5.41) is 5.67. The Morgan fingerprint density at radius 1 is 1.25 bits per heavy atom. The zero-order chi connectivity index (χ0) is 22.1. The molecule has 0 bridgehead atoms. The molecule has 4 aromatic rings. The maximum atomic E-state index is 13.3. The van der Waals surface area contributed by atoms with Gasteiger partial charge in [0, 0.05) is 42.5 Å². The van der Waals surface area contributed by atoms with E-state index >= 15 is 0 Å². The van der Waals surface area contributed by atoms with Gasteiger partial charge in [0.15, 0.2) is 0 Å². The van der Waals surface area contributed by atoms with Gasteiger partial charge in [-0.25, -0.2) is 4.39 Å². The van der Waals surface area contributed by atoms with Crippen LogP contribution >= 0.6 is 0 Å². The molecule has 1 saturated carbocycles. The minimum atomic E-state index is -1.48. The Kier molecular flexibility index (Phi) is 5.66. The van der Waals surface area contributed by atoms with Crippen LogP contribution in [0, 0.1) is 5.92 Å². The summed E-state index contributed by atoms with van der Waals surface area (Å²) in [4.78, 5) is 20.5. The fraction of sp³-hybridized carbons (Fsp3) is 0.360. The van der Waals surface area contributed by atoms with Gasteiger partial charge in [-0.3, -0.25) is 9.78 Å². The van der Waals surface area contributed by atoms with Crippen LogP contribution in [0.15, 0.2) is 53.7 Å². The van der Waals surface area contributed by atoms with Gasteiger partial charge in [-0.2, -0.15) is 0 Å². The Balaban J connectivity index is 1.35. The number of alkyl halides is 1. The lowest BCUT2D eigenvalue weighted by Gasteiger charge is -2.25. The van der Waals surface area contributed by atoms with E-state index in [-0.39, 0.29) is 11.3 Å². The first kappa shape index (κ1) is 20.7. The number of ether oxygens (including phenoxy) is 1. The first-order chi connectivity index (χ1) is 15.6. The number of aromatic amines is 1. The van der Waals surface area contributed by atoms with Crippen LogP contribution in [-0.2, 0) is 13.1 Å². The third-order valence-electron chi connectivity index (χ3n) is 6.22. The highest BCUT2D eigenvalue weighted by atomic mass is 19.1. The van der Waals surface area contributed by atoms with Gasteiger partial charge in [-0.05, 0) is 54.5 Å². The molecule has 3 aromatic heterocycles. The van der Waals surface area contributed by atoms with Crippen LogP contribution in [0.25, 0.3) is 21.7 Å². The molecular formula is C25H27FN4O2. The first-order valence-corrected chi connectivity index (χ1v) is 11.2. The molecular weight excluding hydrogens is 407 g/mol. The second kappa shape index (κ2) is 8.74. The van der Waals surface area contributed by atoms with Gasteiger partial charge in [-0.15, -0.1) is 0 Å². The summed E-state index contributed by atoms with van der Waals surface area (Å²) >= 11 is 0. The number of aromatic nitrogens is 3. The SMILES string of the molecule is CC(F)Oc1cncc2c(=O)n(Cc3ccc4cc(CNCC5CCC5)[nH]c4c3)ccc12. The smallest absolute Gasteiger partial charge is 0.260 e. The number of fused-ring (bicyclic) bond motifs is 2. The number of halogens is 1. The number of hydrogen-bond donors (Lipinski definition) is 2. The number of rotatable bonds is 8. The zero-order valence-corrected chi connectivity index (χ0v) is 18.1. The highest BCUT2D eigenvalue weighted by Gasteiger charge is 2.16. The van der Waals surface area contributed by atoms with Crippen LogP contribution in [0.2, 0.25) is 0 Å². The van der Waals surface area contributed by atoms with E-state index in [4.69, 9.17) is 4.74 Å². The Bertz CT molecular complexity index is 1310. The fourth-order valence-corrected chi connectivity index (χ4v) is 4.31. The zero-order valence-electron chi connectivity index (χ0n) is 18.1. The minimum absolute atomic E-state index is 0.181. The standard InChI is InChI=1S/C25H27FN4O2/c1-16(26)32-24-14-28-13-22-21(24)7-8-30(25(22)31)15-18-5-6-19-10-20(29-23(19)9-18)12-27-11-17-3-2-4-17/h5-10,13-14,16-17,27,29H,2-4,11-12,15H2,1H3. The highest BCUT2D eigenvalue weighted by Crippen LogP contribution is 2.26. The summed E-state index contributed by atoms with van der Waals surface area (Å²) < 4.78 is 20.1. The molecule has 0 aliphatic heterocycles. The van der Waals surface area contributed by atoms with E-state index in [1.807, 2.05) is 6.07 Å². The predicted octanol–water partition coefficient (Wildman–Crippen LogP) is 4.51. The molecule has 1 aromatic carbocycles. The molecule has 0 radical (unpaired) electrons. The van der Waals surface area contributed by atoms with Gasteiger partial charge in [0.2, 0.25) is 6.36 Å². The molecule has 32 heavy (non-hydrogen) atoms. The molecule has 1 aliphatic carbocycles. The average Bonchev–Trinajstić information content (AvgIpc) is 3.14. The maximum absolute atomic E-state index is 13.3. The third-order valence-corrected chi connectivity index (χ3v) is 6.22. The van der Waals surface area contributed by atoms with Crippen molar-refractivity contribution in [3.8, 4) is 5.75 Å². The summed E-state index contributed by atoms with van der Waals surface area (Å²) in [5.41, 5.74) is 3.07. The summed E-state index contributed by atoms with van der Waals surface area (Å²) in [6.07, 6.45) is 7.23. The van der Waals surface area contributed by atoms with E-state index in [2.05, 4.69) is 33.5 Å². The molecule has 0 spiro atoms. The van der Waals surface area contributed by atoms with Crippen molar-refractivity contribution >= 4 is 21.7 Å². The van der Waals surface area contributed by atoms with Crippen molar-refractivity contribution in [3.05, 3.63) is 70.5 Å². The van der Waals surface area contributed by atoms with E-state index in [0.29, 0.717) is 17.3 Å². The molecule has 3 heterocycles. The summed E-state index contributed by atoms with van der Waals surface area (Å²) in [6.45, 7) is 3.65. The van der Waals surface area contributed by atoms with E-state index < -0.39 is 6.36 Å². The van der Waals surface area contributed by atoms with Crippen molar-refractivity contribution in [3.63, 3.8) is 0 Å². The molecule has 1 fully saturated rings. The lowest BCUT2D eigenvalue weighted by atomic mass is 9.85. The van der Waals surface area contributed by atoms with Gasteiger partial charge >= 0.3 is 0 Å². The minimum Gasteiger partial charge on any atom is -0.458 e. The fourth-order valence-electron chi connectivity index (χ4n) is 4.31. The van der Waals surface area contributed by atoms with Crippen LogP contribution in [0.5, 0.6) is 5.75 Å². The number of nitrogens with zero attached hydrogens (tertiary/aromatic N) is 2. The number of pyridine rings is 2. The molecule has 5 rings (SSSR count). The lowest BCUT2D eigenvalue weighted by molar-refractivity contribution is 0.0873. The molecule has 7 heteroatoms. The van der Waals surface area contributed by atoms with Crippen LogP contribution < -0.4 is 15.6 Å².